The molecular formula is C19H17NO3S2. The summed E-state index contributed by atoms with van der Waals surface area (Å²) in [6.45, 7) is 5.87. The zero-order chi connectivity index (χ0) is 18.1. The van der Waals surface area contributed by atoms with Gasteiger partial charge < -0.3 is 10.4 Å². The molecule has 2 heterocycles. The first-order valence-corrected chi connectivity index (χ1v) is 9.42. The molecule has 0 saturated carbocycles. The Labute approximate surface area is 153 Å². The molecule has 1 amide bonds. The van der Waals surface area contributed by atoms with Gasteiger partial charge in [-0.1, -0.05) is 18.2 Å². The molecule has 0 spiro atoms. The summed E-state index contributed by atoms with van der Waals surface area (Å²) in [6.07, 6.45) is 0. The number of aryl methyl sites for hydroxylation is 3. The van der Waals surface area contributed by atoms with E-state index in [0.717, 1.165) is 22.3 Å². The molecule has 0 aliphatic heterocycles. The van der Waals surface area contributed by atoms with Crippen molar-refractivity contribution in [1.82, 2.24) is 0 Å². The molecule has 0 fully saturated rings. The molecule has 0 aliphatic carbocycles. The number of amides is 1. The van der Waals surface area contributed by atoms with Gasteiger partial charge in [0, 0.05) is 10.9 Å². The number of thiophene rings is 2. The molecule has 3 rings (SSSR count). The molecule has 128 valence electrons. The summed E-state index contributed by atoms with van der Waals surface area (Å²) in [5.41, 5.74) is 4.72. The Bertz CT molecular complexity index is 969. The third kappa shape index (κ3) is 3.36. The molecule has 0 unspecified atom stereocenters. The van der Waals surface area contributed by atoms with Gasteiger partial charge in [-0.15, -0.1) is 22.7 Å². The van der Waals surface area contributed by atoms with Crippen molar-refractivity contribution in [3.05, 3.63) is 62.2 Å². The number of hydrogen-bond acceptors (Lipinski definition) is 4. The zero-order valence-corrected chi connectivity index (χ0v) is 15.7. The van der Waals surface area contributed by atoms with Crippen LogP contribution in [0.3, 0.4) is 0 Å². The number of benzene rings is 1. The van der Waals surface area contributed by atoms with E-state index < -0.39 is 5.97 Å². The van der Waals surface area contributed by atoms with Gasteiger partial charge in [-0.05, 0) is 54.5 Å². The van der Waals surface area contributed by atoms with Gasteiger partial charge in [0.05, 0.1) is 4.88 Å². The molecule has 0 atom stereocenters. The van der Waals surface area contributed by atoms with E-state index in [1.54, 1.807) is 5.38 Å². The highest BCUT2D eigenvalue weighted by Crippen LogP contribution is 2.36. The average Bonchev–Trinajstić information content (AvgIpc) is 3.16. The third-order valence-corrected chi connectivity index (χ3v) is 6.03. The predicted molar refractivity (Wildman–Crippen MR) is 103 cm³/mol. The maximum absolute atomic E-state index is 12.4. The first kappa shape index (κ1) is 17.4. The number of carboxylic acid groups (broad SMARTS) is 1. The molecule has 6 heteroatoms. The summed E-state index contributed by atoms with van der Waals surface area (Å²) in [4.78, 5) is 24.8. The summed E-state index contributed by atoms with van der Waals surface area (Å²) in [5.74, 6) is -1.32. The van der Waals surface area contributed by atoms with Crippen LogP contribution >= 0.6 is 22.7 Å². The van der Waals surface area contributed by atoms with E-state index in [0.29, 0.717) is 15.4 Å². The van der Waals surface area contributed by atoms with Crippen LogP contribution in [0, 0.1) is 20.8 Å². The number of carboxylic acids is 1. The molecule has 0 saturated heterocycles. The number of rotatable bonds is 4. The first-order chi connectivity index (χ1) is 11.9. The number of carbonyl (C=O) groups is 2. The molecule has 0 bridgehead atoms. The van der Waals surface area contributed by atoms with Crippen molar-refractivity contribution >= 4 is 39.6 Å². The lowest BCUT2D eigenvalue weighted by molar-refractivity contribution is 0.0699. The second-order valence-corrected chi connectivity index (χ2v) is 7.64. The van der Waals surface area contributed by atoms with Crippen LogP contribution < -0.4 is 5.32 Å². The SMILES string of the molecule is Cc1ccc(-c2csc(NC(=O)c3sccc3C)c2C(=O)O)cc1C. The Morgan fingerprint density at radius 2 is 1.76 bits per heavy atom. The molecule has 25 heavy (non-hydrogen) atoms. The second-order valence-electron chi connectivity index (χ2n) is 5.84. The van der Waals surface area contributed by atoms with Crippen LogP contribution in [0.1, 0.15) is 36.7 Å². The van der Waals surface area contributed by atoms with Crippen LogP contribution in [0.25, 0.3) is 11.1 Å². The van der Waals surface area contributed by atoms with Crippen molar-refractivity contribution in [2.75, 3.05) is 5.32 Å². The fraction of sp³-hybridized carbons (Fsp3) is 0.158. The van der Waals surface area contributed by atoms with E-state index in [2.05, 4.69) is 5.32 Å². The Morgan fingerprint density at radius 3 is 2.36 bits per heavy atom. The average molecular weight is 371 g/mol. The minimum absolute atomic E-state index is 0.135. The fourth-order valence-electron chi connectivity index (χ4n) is 2.55. The topological polar surface area (TPSA) is 66.4 Å². The molecule has 4 nitrogen and oxygen atoms in total. The molecule has 2 aromatic heterocycles. The van der Waals surface area contributed by atoms with Gasteiger partial charge in [0.15, 0.2) is 0 Å². The van der Waals surface area contributed by atoms with Gasteiger partial charge in [-0.2, -0.15) is 0 Å². The van der Waals surface area contributed by atoms with E-state index in [1.165, 1.54) is 22.7 Å². The summed E-state index contributed by atoms with van der Waals surface area (Å²) in [6, 6.07) is 7.72. The maximum Gasteiger partial charge on any atom is 0.339 e. The Morgan fingerprint density at radius 1 is 1.00 bits per heavy atom. The normalized spacial score (nSPS) is 10.7. The van der Waals surface area contributed by atoms with Crippen molar-refractivity contribution in [3.63, 3.8) is 0 Å². The Balaban J connectivity index is 2.00. The van der Waals surface area contributed by atoms with E-state index in [-0.39, 0.29) is 11.5 Å². The molecule has 0 aliphatic rings. The highest BCUT2D eigenvalue weighted by atomic mass is 32.1. The predicted octanol–water partition coefficient (Wildman–Crippen LogP) is 5.35. The lowest BCUT2D eigenvalue weighted by atomic mass is 9.99. The van der Waals surface area contributed by atoms with Gasteiger partial charge in [0.1, 0.15) is 10.6 Å². The smallest absolute Gasteiger partial charge is 0.339 e. The van der Waals surface area contributed by atoms with Crippen LogP contribution in [-0.2, 0) is 0 Å². The standard InChI is InChI=1S/C19H17NO3S2/c1-10-4-5-13(8-12(10)3)14-9-25-18(15(14)19(22)23)20-17(21)16-11(2)6-7-24-16/h4-9H,1-3H3,(H,20,21)(H,22,23). The third-order valence-electron chi connectivity index (χ3n) is 4.12. The van der Waals surface area contributed by atoms with Crippen LogP contribution in [0.2, 0.25) is 0 Å². The molecule has 1 aromatic carbocycles. The molecule has 0 radical (unpaired) electrons. The maximum atomic E-state index is 12.4. The van der Waals surface area contributed by atoms with Crippen LogP contribution in [0.5, 0.6) is 0 Å². The van der Waals surface area contributed by atoms with Gasteiger partial charge in [-0.3, -0.25) is 4.79 Å². The lowest BCUT2D eigenvalue weighted by Crippen LogP contribution is -2.13. The summed E-state index contributed by atoms with van der Waals surface area (Å²) < 4.78 is 0. The highest BCUT2D eigenvalue weighted by molar-refractivity contribution is 7.15. The van der Waals surface area contributed by atoms with Crippen molar-refractivity contribution < 1.29 is 14.7 Å². The summed E-state index contributed by atoms with van der Waals surface area (Å²) in [5, 5.41) is 16.4. The largest absolute Gasteiger partial charge is 0.478 e. The fourth-order valence-corrected chi connectivity index (χ4v) is 4.33. The van der Waals surface area contributed by atoms with Gasteiger partial charge >= 0.3 is 5.97 Å². The van der Waals surface area contributed by atoms with Gasteiger partial charge in [-0.25, -0.2) is 4.79 Å². The van der Waals surface area contributed by atoms with E-state index in [9.17, 15) is 14.7 Å². The minimum Gasteiger partial charge on any atom is -0.478 e. The first-order valence-electron chi connectivity index (χ1n) is 7.66. The molecule has 2 N–H and O–H groups in total. The zero-order valence-electron chi connectivity index (χ0n) is 14.0. The number of carbonyl (C=O) groups excluding carboxylic acids is 1. The van der Waals surface area contributed by atoms with Crippen molar-refractivity contribution in [2.45, 2.75) is 20.8 Å². The minimum atomic E-state index is -1.05. The number of nitrogens with one attached hydrogen (secondary N) is 1. The second kappa shape index (κ2) is 6.82. The number of anilines is 1. The van der Waals surface area contributed by atoms with E-state index in [4.69, 9.17) is 0 Å². The van der Waals surface area contributed by atoms with Crippen molar-refractivity contribution in [1.29, 1.82) is 0 Å². The Kier molecular flexibility index (Phi) is 4.74. The lowest BCUT2D eigenvalue weighted by Gasteiger charge is -2.07. The molecule has 3 aromatic rings. The summed E-state index contributed by atoms with van der Waals surface area (Å²) in [7, 11) is 0. The van der Waals surface area contributed by atoms with Gasteiger partial charge in [0.2, 0.25) is 0 Å². The molecular weight excluding hydrogens is 354 g/mol. The number of aromatic carboxylic acids is 1. The van der Waals surface area contributed by atoms with E-state index >= 15 is 0 Å². The van der Waals surface area contributed by atoms with Crippen LogP contribution in [0.15, 0.2) is 35.0 Å². The monoisotopic (exact) mass is 371 g/mol. The van der Waals surface area contributed by atoms with Crippen molar-refractivity contribution in [3.8, 4) is 11.1 Å². The van der Waals surface area contributed by atoms with E-state index in [1.807, 2.05) is 50.4 Å². The van der Waals surface area contributed by atoms with Crippen LogP contribution in [-0.4, -0.2) is 17.0 Å². The number of hydrogen-bond donors (Lipinski definition) is 2. The Hall–Kier alpha value is -2.44. The summed E-state index contributed by atoms with van der Waals surface area (Å²) >= 11 is 2.58. The van der Waals surface area contributed by atoms with Crippen LogP contribution in [0.4, 0.5) is 5.00 Å². The van der Waals surface area contributed by atoms with Crippen molar-refractivity contribution in [2.24, 2.45) is 0 Å². The van der Waals surface area contributed by atoms with Gasteiger partial charge in [0.25, 0.3) is 5.91 Å². The quantitative estimate of drug-likeness (QED) is 0.649. The highest BCUT2D eigenvalue weighted by Gasteiger charge is 2.22.